The van der Waals surface area contributed by atoms with Crippen LogP contribution in [0.2, 0.25) is 0 Å². The third kappa shape index (κ3) is 3.67. The number of nitrogens with zero attached hydrogens (tertiary/aromatic N) is 2. The fourth-order valence-electron chi connectivity index (χ4n) is 3.33. The first kappa shape index (κ1) is 16.5. The molecule has 0 bridgehead atoms. The highest BCUT2D eigenvalue weighted by molar-refractivity contribution is 5.82. The van der Waals surface area contributed by atoms with Crippen LogP contribution in [0.15, 0.2) is 67.0 Å². The summed E-state index contributed by atoms with van der Waals surface area (Å²) in [5.74, 6) is 0.00562. The molecule has 0 spiro atoms. The van der Waals surface area contributed by atoms with Gasteiger partial charge in [-0.25, -0.2) is 4.39 Å². The number of hydrogen-bond donors (Lipinski definition) is 1. The van der Waals surface area contributed by atoms with Gasteiger partial charge in [0, 0.05) is 24.9 Å². The quantitative estimate of drug-likeness (QED) is 0.740. The highest BCUT2D eigenvalue weighted by Crippen LogP contribution is 2.47. The SMILES string of the molecule is O=C(NCc1ccccc1Cn1cccn1)[C@H]1C[C@@H]1c1ccc(F)cc1. The first-order valence-electron chi connectivity index (χ1n) is 8.78. The number of nitrogens with one attached hydrogen (secondary N) is 1. The molecular weight excluding hydrogens is 329 g/mol. The standard InChI is InChI=1S/C21H20FN3O/c22-18-8-6-15(7-9-18)19-12-20(19)21(26)23-13-16-4-1-2-5-17(16)14-25-11-3-10-24-25/h1-11,19-20H,12-14H2,(H,23,26)/t19-,20+/m1/s1. The molecule has 1 saturated carbocycles. The van der Waals surface area contributed by atoms with Gasteiger partial charge in [-0.15, -0.1) is 0 Å². The molecule has 4 nitrogen and oxygen atoms in total. The van der Waals surface area contributed by atoms with E-state index < -0.39 is 0 Å². The highest BCUT2D eigenvalue weighted by Gasteiger charge is 2.43. The molecule has 26 heavy (non-hydrogen) atoms. The average Bonchev–Trinajstić information content (AvgIpc) is 3.30. The summed E-state index contributed by atoms with van der Waals surface area (Å²) in [6, 6.07) is 16.4. The van der Waals surface area contributed by atoms with Gasteiger partial charge in [-0.2, -0.15) is 5.10 Å². The Morgan fingerprint density at radius 2 is 1.88 bits per heavy atom. The van der Waals surface area contributed by atoms with Crippen LogP contribution in [0.25, 0.3) is 0 Å². The van der Waals surface area contributed by atoms with E-state index in [1.165, 1.54) is 12.1 Å². The van der Waals surface area contributed by atoms with E-state index in [-0.39, 0.29) is 23.6 Å². The van der Waals surface area contributed by atoms with Crippen LogP contribution < -0.4 is 5.32 Å². The second kappa shape index (κ2) is 7.12. The minimum absolute atomic E-state index is 0.0151. The minimum atomic E-state index is -0.246. The van der Waals surface area contributed by atoms with Crippen molar-refractivity contribution in [2.45, 2.75) is 25.4 Å². The van der Waals surface area contributed by atoms with E-state index in [0.717, 1.165) is 23.1 Å². The molecule has 3 aromatic rings. The number of carbonyl (C=O) groups is 1. The van der Waals surface area contributed by atoms with Crippen LogP contribution in [0.5, 0.6) is 0 Å². The van der Waals surface area contributed by atoms with Gasteiger partial charge in [-0.05, 0) is 47.2 Å². The number of hydrogen-bond acceptors (Lipinski definition) is 2. The summed E-state index contributed by atoms with van der Waals surface area (Å²) in [6.45, 7) is 1.18. The molecule has 0 radical (unpaired) electrons. The van der Waals surface area contributed by atoms with E-state index in [2.05, 4.69) is 16.5 Å². The average molecular weight is 349 g/mol. The van der Waals surface area contributed by atoms with Gasteiger partial charge >= 0.3 is 0 Å². The summed E-state index contributed by atoms with van der Waals surface area (Å²) in [4.78, 5) is 12.5. The molecule has 132 valence electrons. The summed E-state index contributed by atoms with van der Waals surface area (Å²) in [5, 5.41) is 7.29. The largest absolute Gasteiger partial charge is 0.352 e. The Labute approximate surface area is 151 Å². The summed E-state index contributed by atoms with van der Waals surface area (Å²) >= 11 is 0. The van der Waals surface area contributed by atoms with Gasteiger partial charge < -0.3 is 5.32 Å². The van der Waals surface area contributed by atoms with Crippen LogP contribution >= 0.6 is 0 Å². The monoisotopic (exact) mass is 349 g/mol. The highest BCUT2D eigenvalue weighted by atomic mass is 19.1. The number of benzene rings is 2. The molecule has 2 atom stereocenters. The Kier molecular flexibility index (Phi) is 4.52. The third-order valence-electron chi connectivity index (χ3n) is 4.89. The zero-order chi connectivity index (χ0) is 17.9. The molecule has 1 aromatic heterocycles. The maximum Gasteiger partial charge on any atom is 0.224 e. The number of amides is 1. The lowest BCUT2D eigenvalue weighted by Crippen LogP contribution is -2.25. The van der Waals surface area contributed by atoms with Gasteiger partial charge in [0.2, 0.25) is 5.91 Å². The van der Waals surface area contributed by atoms with Crippen LogP contribution in [0, 0.1) is 11.7 Å². The van der Waals surface area contributed by atoms with E-state index in [1.54, 1.807) is 18.3 Å². The molecule has 1 amide bonds. The van der Waals surface area contributed by atoms with Gasteiger partial charge in [-0.1, -0.05) is 36.4 Å². The van der Waals surface area contributed by atoms with Crippen LogP contribution in [0.4, 0.5) is 4.39 Å². The fourth-order valence-corrected chi connectivity index (χ4v) is 3.33. The van der Waals surface area contributed by atoms with Crippen molar-refractivity contribution in [1.29, 1.82) is 0 Å². The van der Waals surface area contributed by atoms with Crippen molar-refractivity contribution in [2.24, 2.45) is 5.92 Å². The van der Waals surface area contributed by atoms with E-state index in [9.17, 15) is 9.18 Å². The van der Waals surface area contributed by atoms with Gasteiger partial charge in [0.25, 0.3) is 0 Å². The minimum Gasteiger partial charge on any atom is -0.352 e. The van der Waals surface area contributed by atoms with Crippen LogP contribution in [0.3, 0.4) is 0 Å². The molecule has 5 heteroatoms. The maximum atomic E-state index is 13.0. The van der Waals surface area contributed by atoms with E-state index in [4.69, 9.17) is 0 Å². The smallest absolute Gasteiger partial charge is 0.224 e. The lowest BCUT2D eigenvalue weighted by Gasteiger charge is -2.11. The number of carbonyl (C=O) groups excluding carboxylic acids is 1. The Morgan fingerprint density at radius 1 is 1.12 bits per heavy atom. The molecule has 0 saturated heterocycles. The second-order valence-electron chi connectivity index (χ2n) is 6.69. The lowest BCUT2D eigenvalue weighted by molar-refractivity contribution is -0.122. The van der Waals surface area contributed by atoms with Crippen molar-refractivity contribution in [3.8, 4) is 0 Å². The van der Waals surface area contributed by atoms with Gasteiger partial charge in [0.05, 0.1) is 6.54 Å². The predicted octanol–water partition coefficient (Wildman–Crippen LogP) is 3.49. The van der Waals surface area contributed by atoms with E-state index >= 15 is 0 Å². The van der Waals surface area contributed by atoms with Crippen molar-refractivity contribution >= 4 is 5.91 Å². The first-order valence-corrected chi connectivity index (χ1v) is 8.78. The van der Waals surface area contributed by atoms with E-state index in [0.29, 0.717) is 13.1 Å². The van der Waals surface area contributed by atoms with E-state index in [1.807, 2.05) is 35.1 Å². The molecule has 2 aromatic carbocycles. The zero-order valence-corrected chi connectivity index (χ0v) is 14.3. The Bertz CT molecular complexity index is 890. The molecule has 4 rings (SSSR count). The molecule has 1 fully saturated rings. The molecule has 0 unspecified atom stereocenters. The lowest BCUT2D eigenvalue weighted by atomic mass is 10.1. The number of halogens is 1. The Balaban J connectivity index is 1.36. The summed E-state index contributed by atoms with van der Waals surface area (Å²) in [5.41, 5.74) is 3.27. The molecular formula is C21H20FN3O. The number of rotatable bonds is 6. The fraction of sp³-hybridized carbons (Fsp3) is 0.238. The normalized spacial score (nSPS) is 18.5. The van der Waals surface area contributed by atoms with Gasteiger partial charge in [0.1, 0.15) is 5.82 Å². The van der Waals surface area contributed by atoms with Crippen LogP contribution in [0.1, 0.15) is 29.0 Å². The predicted molar refractivity (Wildman–Crippen MR) is 96.9 cm³/mol. The van der Waals surface area contributed by atoms with Crippen molar-refractivity contribution < 1.29 is 9.18 Å². The van der Waals surface area contributed by atoms with Crippen LogP contribution in [-0.4, -0.2) is 15.7 Å². The molecule has 1 aliphatic rings. The van der Waals surface area contributed by atoms with Gasteiger partial charge in [-0.3, -0.25) is 9.48 Å². The molecule has 1 aliphatic carbocycles. The molecule has 0 aliphatic heterocycles. The van der Waals surface area contributed by atoms with Crippen molar-refractivity contribution in [3.05, 3.63) is 89.5 Å². The maximum absolute atomic E-state index is 13.0. The summed E-state index contributed by atoms with van der Waals surface area (Å²) < 4.78 is 14.9. The van der Waals surface area contributed by atoms with Crippen LogP contribution in [-0.2, 0) is 17.9 Å². The Hall–Kier alpha value is -2.95. The topological polar surface area (TPSA) is 46.9 Å². The summed E-state index contributed by atoms with van der Waals surface area (Å²) in [6.07, 6.45) is 4.51. The van der Waals surface area contributed by atoms with Crippen molar-refractivity contribution in [1.82, 2.24) is 15.1 Å². The zero-order valence-electron chi connectivity index (χ0n) is 14.3. The summed E-state index contributed by atoms with van der Waals surface area (Å²) in [7, 11) is 0. The third-order valence-corrected chi connectivity index (χ3v) is 4.89. The Morgan fingerprint density at radius 3 is 2.62 bits per heavy atom. The molecule has 1 heterocycles. The van der Waals surface area contributed by atoms with Gasteiger partial charge in [0.15, 0.2) is 0 Å². The van der Waals surface area contributed by atoms with Crippen molar-refractivity contribution in [3.63, 3.8) is 0 Å². The van der Waals surface area contributed by atoms with Crippen molar-refractivity contribution in [2.75, 3.05) is 0 Å². The number of aromatic nitrogens is 2. The molecule has 1 N–H and O–H groups in total. The second-order valence-corrected chi connectivity index (χ2v) is 6.69. The first-order chi connectivity index (χ1) is 12.7.